The summed E-state index contributed by atoms with van der Waals surface area (Å²) in [5.41, 5.74) is 0. The Balaban J connectivity index is 0.000000245. The molecule has 1 heterocycles. The fraction of sp³-hybridized carbons (Fsp3) is 0.143. The van der Waals surface area contributed by atoms with Gasteiger partial charge < -0.3 is 5.11 Å². The highest BCUT2D eigenvalue weighted by atomic mass is 32.2. The summed E-state index contributed by atoms with van der Waals surface area (Å²) in [6.45, 7) is 0. The smallest absolute Gasteiger partial charge is 0.295 e. The highest BCUT2D eigenvalue weighted by Gasteiger charge is 2.27. The molecule has 130 valence electrons. The molecule has 2 amide bonds. The molecule has 1 aliphatic heterocycles. The normalized spacial score (nSPS) is 16.6. The second kappa shape index (κ2) is 8.47. The third-order valence-corrected chi connectivity index (χ3v) is 3.88. The monoisotopic (exact) mass is 355 g/mol. The lowest BCUT2D eigenvalue weighted by atomic mass is 10.1. The number of hydrazine groups is 1. The molecular weight excluding hydrogens is 338 g/mol. The molecule has 24 heavy (non-hydrogen) atoms. The van der Waals surface area contributed by atoms with Crippen molar-refractivity contribution in [2.45, 2.75) is 17.4 Å². The van der Waals surface area contributed by atoms with Crippen LogP contribution in [0.2, 0.25) is 0 Å². The highest BCUT2D eigenvalue weighted by Crippen LogP contribution is 2.21. The van der Waals surface area contributed by atoms with E-state index in [1.807, 2.05) is 11.4 Å². The average Bonchev–Trinajstić information content (AvgIpc) is 2.84. The number of nitrogens with one attached hydrogen (secondary N) is 1. The van der Waals surface area contributed by atoms with Crippen LogP contribution >= 0.6 is 0 Å². The van der Waals surface area contributed by atoms with Crippen LogP contribution in [-0.2, 0) is 19.7 Å². The van der Waals surface area contributed by atoms with Crippen LogP contribution in [0.15, 0.2) is 47.4 Å². The number of aliphatic hydroxyl groups is 1. The predicted octanol–water partition coefficient (Wildman–Crippen LogP) is -0.701. The van der Waals surface area contributed by atoms with Gasteiger partial charge in [0.05, 0.1) is 6.42 Å². The Bertz CT molecular complexity index is 832. The lowest BCUT2D eigenvalue weighted by Gasteiger charge is -2.02. The van der Waals surface area contributed by atoms with Crippen molar-refractivity contribution < 1.29 is 27.7 Å². The predicted molar refractivity (Wildman–Crippen MR) is 85.9 cm³/mol. The van der Waals surface area contributed by atoms with Gasteiger partial charge in [-0.1, -0.05) is 36.4 Å². The maximum absolute atomic E-state index is 11.0. The molecule has 0 aliphatic carbocycles. The van der Waals surface area contributed by atoms with Gasteiger partial charge in [0.2, 0.25) is 5.91 Å². The van der Waals surface area contributed by atoms with Gasteiger partial charge in [-0.15, -0.1) is 0 Å². The topological polar surface area (TPSA) is 173 Å². The van der Waals surface area contributed by atoms with Gasteiger partial charge in [0, 0.05) is 5.39 Å². The van der Waals surface area contributed by atoms with Crippen LogP contribution in [0.4, 0.5) is 0 Å². The van der Waals surface area contributed by atoms with Crippen LogP contribution in [0.3, 0.4) is 0 Å². The minimum Gasteiger partial charge on any atom is -0.383 e. The van der Waals surface area contributed by atoms with Crippen molar-refractivity contribution in [3.05, 3.63) is 42.5 Å². The number of hydrogen-bond acceptors (Lipinski definition) is 7. The molecule has 9 nitrogen and oxygen atoms in total. The van der Waals surface area contributed by atoms with Crippen LogP contribution in [0.5, 0.6) is 0 Å². The van der Waals surface area contributed by atoms with E-state index in [1.165, 1.54) is 6.07 Å². The molecule has 0 spiro atoms. The fourth-order valence-electron chi connectivity index (χ4n) is 1.96. The first-order chi connectivity index (χ1) is 11.3. The van der Waals surface area contributed by atoms with Crippen molar-refractivity contribution in [1.29, 1.82) is 0 Å². The second-order valence-corrected chi connectivity index (χ2v) is 5.97. The zero-order valence-electron chi connectivity index (χ0n) is 12.4. The first-order valence-corrected chi connectivity index (χ1v) is 8.03. The number of carbonyl (C=O) groups is 2. The summed E-state index contributed by atoms with van der Waals surface area (Å²) in [7, 11) is -4.13. The Morgan fingerprint density at radius 2 is 1.62 bits per heavy atom. The number of imide groups is 1. The van der Waals surface area contributed by atoms with E-state index in [0.717, 1.165) is 5.39 Å². The molecule has 1 atom stereocenters. The van der Waals surface area contributed by atoms with Gasteiger partial charge >= 0.3 is 0 Å². The van der Waals surface area contributed by atoms with Crippen LogP contribution < -0.4 is 17.0 Å². The van der Waals surface area contributed by atoms with Gasteiger partial charge in [0.15, 0.2) is 0 Å². The molecule has 1 fully saturated rings. The van der Waals surface area contributed by atoms with E-state index < -0.39 is 28.0 Å². The van der Waals surface area contributed by atoms with E-state index in [1.54, 1.807) is 30.3 Å². The third-order valence-electron chi connectivity index (χ3n) is 2.97. The SMILES string of the molecule is NN.O=C1CC(O)C(=O)N1.O=S(=O)(O)c1cccc2ccccc12. The first-order valence-electron chi connectivity index (χ1n) is 6.59. The van der Waals surface area contributed by atoms with E-state index in [-0.39, 0.29) is 11.3 Å². The fourth-order valence-corrected chi connectivity index (χ4v) is 2.68. The van der Waals surface area contributed by atoms with Gasteiger partial charge in [-0.2, -0.15) is 8.42 Å². The van der Waals surface area contributed by atoms with Crippen LogP contribution in [0.25, 0.3) is 10.8 Å². The molecule has 3 rings (SSSR count). The van der Waals surface area contributed by atoms with E-state index in [9.17, 15) is 18.0 Å². The minimum atomic E-state index is -4.13. The molecule has 1 saturated heterocycles. The lowest BCUT2D eigenvalue weighted by Crippen LogP contribution is -2.24. The zero-order chi connectivity index (χ0) is 18.3. The summed E-state index contributed by atoms with van der Waals surface area (Å²) in [5.74, 6) is 7.01. The molecule has 7 N–H and O–H groups in total. The summed E-state index contributed by atoms with van der Waals surface area (Å²) in [4.78, 5) is 20.3. The number of rotatable bonds is 1. The first kappa shape index (κ1) is 19.7. The summed E-state index contributed by atoms with van der Waals surface area (Å²) in [6, 6.07) is 11.8. The Labute approximate surface area is 138 Å². The zero-order valence-corrected chi connectivity index (χ0v) is 13.2. The molecule has 2 aromatic carbocycles. The maximum Gasteiger partial charge on any atom is 0.295 e. The van der Waals surface area contributed by atoms with Gasteiger partial charge in [-0.05, 0) is 11.5 Å². The number of benzene rings is 2. The van der Waals surface area contributed by atoms with Crippen molar-refractivity contribution >= 4 is 32.7 Å². The molecule has 0 saturated carbocycles. The quantitative estimate of drug-likeness (QED) is 0.193. The van der Waals surface area contributed by atoms with Gasteiger partial charge in [0.25, 0.3) is 16.0 Å². The summed E-state index contributed by atoms with van der Waals surface area (Å²) < 4.78 is 31.0. The summed E-state index contributed by atoms with van der Waals surface area (Å²) >= 11 is 0. The third kappa shape index (κ3) is 5.08. The number of fused-ring (bicyclic) bond motifs is 1. The minimum absolute atomic E-state index is 0.0457. The lowest BCUT2D eigenvalue weighted by molar-refractivity contribution is -0.127. The van der Waals surface area contributed by atoms with Crippen LogP contribution in [0.1, 0.15) is 6.42 Å². The summed E-state index contributed by atoms with van der Waals surface area (Å²) in [5, 5.41) is 11.8. The van der Waals surface area contributed by atoms with Crippen molar-refractivity contribution in [2.75, 3.05) is 0 Å². The largest absolute Gasteiger partial charge is 0.383 e. The number of amides is 2. The second-order valence-electron chi connectivity index (χ2n) is 4.58. The number of aliphatic hydroxyl groups excluding tert-OH is 1. The molecule has 1 aliphatic rings. The average molecular weight is 355 g/mol. The Morgan fingerprint density at radius 1 is 1.04 bits per heavy atom. The van der Waals surface area contributed by atoms with Crippen molar-refractivity contribution in [2.24, 2.45) is 11.7 Å². The van der Waals surface area contributed by atoms with E-state index >= 15 is 0 Å². The van der Waals surface area contributed by atoms with Gasteiger partial charge in [-0.3, -0.25) is 31.1 Å². The molecule has 0 bridgehead atoms. The van der Waals surface area contributed by atoms with Crippen molar-refractivity contribution in [1.82, 2.24) is 5.32 Å². The van der Waals surface area contributed by atoms with Crippen LogP contribution in [-0.4, -0.2) is 36.0 Å². The number of nitrogens with two attached hydrogens (primary N) is 2. The molecule has 0 radical (unpaired) electrons. The van der Waals surface area contributed by atoms with Gasteiger partial charge in [-0.25, -0.2) is 0 Å². The molecular formula is C14H17N3O6S. The molecule has 0 aromatic heterocycles. The Morgan fingerprint density at radius 3 is 2.08 bits per heavy atom. The van der Waals surface area contributed by atoms with Crippen LogP contribution in [0, 0.1) is 0 Å². The summed E-state index contributed by atoms with van der Waals surface area (Å²) in [6.07, 6.45) is -1.19. The standard InChI is InChI=1S/C10H8O3S.C4H5NO3.H4N2/c11-14(12,13)10-7-3-5-8-4-1-2-6-9(8)10;6-2-1-3(7)5-4(2)8;1-2/h1-7H,(H,11,12,13);2,6H,1H2,(H,5,7,8);1-2H2. The highest BCUT2D eigenvalue weighted by molar-refractivity contribution is 7.86. The molecule has 10 heteroatoms. The maximum atomic E-state index is 11.0. The van der Waals surface area contributed by atoms with Gasteiger partial charge in [0.1, 0.15) is 11.0 Å². The Hall–Kier alpha value is -2.37. The van der Waals surface area contributed by atoms with Crippen molar-refractivity contribution in [3.63, 3.8) is 0 Å². The molecule has 2 aromatic rings. The van der Waals surface area contributed by atoms with E-state index in [4.69, 9.17) is 9.66 Å². The van der Waals surface area contributed by atoms with E-state index in [0.29, 0.717) is 5.39 Å². The van der Waals surface area contributed by atoms with Crippen molar-refractivity contribution in [3.8, 4) is 0 Å². The molecule has 1 unspecified atom stereocenters. The number of carbonyl (C=O) groups excluding carboxylic acids is 2. The Kier molecular flexibility index (Phi) is 6.95. The number of hydrogen-bond donors (Lipinski definition) is 5. The van der Waals surface area contributed by atoms with E-state index in [2.05, 4.69) is 11.7 Å².